The largest absolute Gasteiger partial charge is 0.357 e. The average Bonchev–Trinajstić information content (AvgIpc) is 3.21. The van der Waals surface area contributed by atoms with Gasteiger partial charge in [0.2, 0.25) is 5.91 Å². The molecular weight excluding hydrogens is 278 g/mol. The summed E-state index contributed by atoms with van der Waals surface area (Å²) in [6.07, 6.45) is 4.93. The van der Waals surface area contributed by atoms with Crippen molar-refractivity contribution in [3.05, 3.63) is 0 Å². The fourth-order valence-corrected chi connectivity index (χ4v) is 2.91. The van der Waals surface area contributed by atoms with Crippen LogP contribution in [0.15, 0.2) is 4.99 Å². The third-order valence-electron chi connectivity index (χ3n) is 4.34. The predicted molar refractivity (Wildman–Crippen MR) is 90.1 cm³/mol. The zero-order chi connectivity index (χ0) is 15.8. The van der Waals surface area contributed by atoms with Gasteiger partial charge in [-0.2, -0.15) is 0 Å². The number of carbonyl (C=O) groups is 1. The lowest BCUT2D eigenvalue weighted by atomic mass is 10.4. The highest BCUT2D eigenvalue weighted by molar-refractivity contribution is 5.85. The molecular formula is C16H31N5O. The van der Waals surface area contributed by atoms with Gasteiger partial charge in [0.15, 0.2) is 5.96 Å². The molecule has 22 heavy (non-hydrogen) atoms. The minimum atomic E-state index is 0.142. The maximum absolute atomic E-state index is 12.0. The van der Waals surface area contributed by atoms with Gasteiger partial charge in [-0.15, -0.1) is 0 Å². The number of hydrogen-bond acceptors (Lipinski definition) is 3. The maximum Gasteiger partial charge on any atom is 0.244 e. The molecule has 2 N–H and O–H groups in total. The van der Waals surface area contributed by atoms with Crippen molar-refractivity contribution >= 4 is 11.9 Å². The van der Waals surface area contributed by atoms with Crippen LogP contribution >= 0.6 is 0 Å². The summed E-state index contributed by atoms with van der Waals surface area (Å²) >= 11 is 0. The van der Waals surface area contributed by atoms with E-state index >= 15 is 0 Å². The molecule has 1 heterocycles. The van der Waals surface area contributed by atoms with Crippen LogP contribution in [0.4, 0.5) is 0 Å². The number of likely N-dealkylation sites (N-methyl/N-ethyl adjacent to an activating group) is 1. The highest BCUT2D eigenvalue weighted by atomic mass is 16.2. The van der Waals surface area contributed by atoms with Crippen LogP contribution in [0, 0.1) is 0 Å². The number of amides is 1. The van der Waals surface area contributed by atoms with Crippen LogP contribution in [-0.2, 0) is 4.79 Å². The van der Waals surface area contributed by atoms with Crippen LogP contribution in [0.3, 0.4) is 0 Å². The Hall–Kier alpha value is -1.30. The Morgan fingerprint density at radius 1 is 1.23 bits per heavy atom. The summed E-state index contributed by atoms with van der Waals surface area (Å²) in [4.78, 5) is 20.9. The molecule has 126 valence electrons. The lowest BCUT2D eigenvalue weighted by Gasteiger charge is -2.21. The number of guanidine groups is 1. The van der Waals surface area contributed by atoms with Crippen LogP contribution in [0.2, 0.25) is 0 Å². The summed E-state index contributed by atoms with van der Waals surface area (Å²) in [7, 11) is 0. The zero-order valence-corrected chi connectivity index (χ0v) is 14.1. The van der Waals surface area contributed by atoms with Gasteiger partial charge in [0.1, 0.15) is 6.54 Å². The lowest BCUT2D eigenvalue weighted by Crippen LogP contribution is -2.42. The van der Waals surface area contributed by atoms with E-state index in [1.165, 1.54) is 12.8 Å². The first kappa shape index (κ1) is 17.1. The molecule has 0 radical (unpaired) electrons. The highest BCUT2D eigenvalue weighted by Crippen LogP contribution is 2.25. The molecule has 1 saturated carbocycles. The monoisotopic (exact) mass is 309 g/mol. The zero-order valence-electron chi connectivity index (χ0n) is 14.1. The van der Waals surface area contributed by atoms with Crippen LogP contribution < -0.4 is 10.6 Å². The standard InChI is InChI=1S/C16H31N5O/c1-3-17-16(18-9-12-20(4-2)14-7-8-14)19-13-15(22)21-10-5-6-11-21/h14H,3-13H2,1-2H3,(H2,17,18,19). The third kappa shape index (κ3) is 5.48. The molecule has 6 nitrogen and oxygen atoms in total. The minimum Gasteiger partial charge on any atom is -0.357 e. The Balaban J connectivity index is 1.72. The van der Waals surface area contributed by atoms with Gasteiger partial charge in [0.05, 0.1) is 0 Å². The molecule has 6 heteroatoms. The molecule has 1 saturated heterocycles. The van der Waals surface area contributed by atoms with Crippen molar-refractivity contribution < 1.29 is 4.79 Å². The molecule has 0 unspecified atom stereocenters. The second kappa shape index (κ2) is 8.98. The van der Waals surface area contributed by atoms with Gasteiger partial charge in [0.25, 0.3) is 0 Å². The fraction of sp³-hybridized carbons (Fsp3) is 0.875. The Labute approximate surface area is 134 Å². The van der Waals surface area contributed by atoms with Crippen molar-refractivity contribution in [2.45, 2.75) is 45.6 Å². The van der Waals surface area contributed by atoms with E-state index in [2.05, 4.69) is 27.4 Å². The van der Waals surface area contributed by atoms with E-state index in [4.69, 9.17) is 0 Å². The van der Waals surface area contributed by atoms with Crippen molar-refractivity contribution in [2.75, 3.05) is 45.8 Å². The van der Waals surface area contributed by atoms with Gasteiger partial charge in [-0.3, -0.25) is 9.69 Å². The van der Waals surface area contributed by atoms with Gasteiger partial charge in [-0.1, -0.05) is 6.92 Å². The SMILES string of the molecule is CCNC(=NCC(=O)N1CCCC1)NCCN(CC)C1CC1. The molecule has 2 rings (SSSR count). The lowest BCUT2D eigenvalue weighted by molar-refractivity contribution is -0.128. The normalized spacial score (nSPS) is 18.9. The van der Waals surface area contributed by atoms with Gasteiger partial charge in [-0.25, -0.2) is 4.99 Å². The number of nitrogens with zero attached hydrogens (tertiary/aromatic N) is 3. The Bertz CT molecular complexity index is 375. The van der Waals surface area contributed by atoms with E-state index in [1.807, 2.05) is 11.8 Å². The van der Waals surface area contributed by atoms with Crippen LogP contribution in [0.5, 0.6) is 0 Å². The van der Waals surface area contributed by atoms with Crippen molar-refractivity contribution in [1.29, 1.82) is 0 Å². The number of nitrogens with one attached hydrogen (secondary N) is 2. The van der Waals surface area contributed by atoms with E-state index in [1.54, 1.807) is 0 Å². The van der Waals surface area contributed by atoms with Crippen molar-refractivity contribution in [2.24, 2.45) is 4.99 Å². The van der Waals surface area contributed by atoms with Gasteiger partial charge < -0.3 is 15.5 Å². The average molecular weight is 309 g/mol. The first-order valence-electron chi connectivity index (χ1n) is 8.78. The summed E-state index contributed by atoms with van der Waals surface area (Å²) in [5.41, 5.74) is 0. The fourth-order valence-electron chi connectivity index (χ4n) is 2.91. The van der Waals surface area contributed by atoms with Crippen molar-refractivity contribution in [3.8, 4) is 0 Å². The number of carbonyl (C=O) groups excluding carboxylic acids is 1. The first-order chi connectivity index (χ1) is 10.7. The van der Waals surface area contributed by atoms with Gasteiger partial charge >= 0.3 is 0 Å². The van der Waals surface area contributed by atoms with Crippen LogP contribution in [-0.4, -0.2) is 73.5 Å². The van der Waals surface area contributed by atoms with Crippen molar-refractivity contribution in [1.82, 2.24) is 20.4 Å². The van der Waals surface area contributed by atoms with E-state index < -0.39 is 0 Å². The molecule has 0 aromatic rings. The van der Waals surface area contributed by atoms with E-state index in [9.17, 15) is 4.79 Å². The molecule has 1 aliphatic carbocycles. The second-order valence-electron chi connectivity index (χ2n) is 6.07. The predicted octanol–water partition coefficient (Wildman–Crippen LogP) is 0.648. The molecule has 1 aliphatic heterocycles. The smallest absolute Gasteiger partial charge is 0.244 e. The Kier molecular flexibility index (Phi) is 6.96. The topological polar surface area (TPSA) is 60.0 Å². The molecule has 2 aliphatic rings. The van der Waals surface area contributed by atoms with E-state index in [0.717, 1.165) is 64.1 Å². The molecule has 0 aromatic heterocycles. The quantitative estimate of drug-likeness (QED) is 0.510. The Morgan fingerprint density at radius 3 is 2.55 bits per heavy atom. The summed E-state index contributed by atoms with van der Waals surface area (Å²) in [6.45, 7) is 10.1. The van der Waals surface area contributed by atoms with Crippen molar-refractivity contribution in [3.63, 3.8) is 0 Å². The summed E-state index contributed by atoms with van der Waals surface area (Å²) in [5, 5.41) is 6.56. The molecule has 2 fully saturated rings. The molecule has 1 amide bonds. The van der Waals surface area contributed by atoms with Gasteiger partial charge in [-0.05, 0) is 39.2 Å². The number of aliphatic imine (C=N–C) groups is 1. The van der Waals surface area contributed by atoms with E-state index in [0.29, 0.717) is 0 Å². The van der Waals surface area contributed by atoms with Crippen LogP contribution in [0.1, 0.15) is 39.5 Å². The first-order valence-corrected chi connectivity index (χ1v) is 8.78. The summed E-state index contributed by atoms with van der Waals surface area (Å²) in [5.74, 6) is 0.893. The molecule has 0 spiro atoms. The Morgan fingerprint density at radius 2 is 1.95 bits per heavy atom. The number of likely N-dealkylation sites (tertiary alicyclic amines) is 1. The maximum atomic E-state index is 12.0. The summed E-state index contributed by atoms with van der Waals surface area (Å²) in [6, 6.07) is 0.795. The molecule has 0 bridgehead atoms. The molecule has 0 aromatic carbocycles. The van der Waals surface area contributed by atoms with Crippen LogP contribution in [0.25, 0.3) is 0 Å². The molecule has 0 atom stereocenters. The summed E-state index contributed by atoms with van der Waals surface area (Å²) < 4.78 is 0. The van der Waals surface area contributed by atoms with E-state index in [-0.39, 0.29) is 12.5 Å². The highest BCUT2D eigenvalue weighted by Gasteiger charge is 2.27. The second-order valence-corrected chi connectivity index (χ2v) is 6.07. The number of hydrogen-bond donors (Lipinski definition) is 2. The third-order valence-corrected chi connectivity index (χ3v) is 4.34. The number of rotatable bonds is 8. The minimum absolute atomic E-state index is 0.142. The van der Waals surface area contributed by atoms with Gasteiger partial charge in [0, 0.05) is 38.8 Å².